The zero-order chi connectivity index (χ0) is 37.7. The molecule has 0 spiro atoms. The summed E-state index contributed by atoms with van der Waals surface area (Å²) in [6.45, 7) is 4.23. The SMILES string of the molecule is CCCC/C=C\CCCCCCCC(=O)OCC(COP(=O)(O)OCCN(C)C)OC(=O)CCCCCCCCC/C=C\C/C=C\CCCCC. The van der Waals surface area contributed by atoms with Crippen LogP contribution in [0.5, 0.6) is 0 Å². The number of likely N-dealkylation sites (N-methyl/N-ethyl adjacent to an activating group) is 1. The molecule has 0 amide bonds. The summed E-state index contributed by atoms with van der Waals surface area (Å²) >= 11 is 0. The maximum Gasteiger partial charge on any atom is 0.472 e. The fourth-order valence-electron chi connectivity index (χ4n) is 5.23. The highest BCUT2D eigenvalue weighted by atomic mass is 31.2. The predicted octanol–water partition coefficient (Wildman–Crippen LogP) is 11.2. The van der Waals surface area contributed by atoms with Crippen LogP contribution >= 0.6 is 7.82 Å². The number of phosphoric acid groups is 1. The largest absolute Gasteiger partial charge is 0.472 e. The standard InChI is InChI=1S/C41H76NO8P/c1-5-7-9-11-13-15-17-18-19-20-21-22-24-26-28-30-32-34-41(44)50-39(38-49-51(45,46)48-36-35-42(3)4)37-47-40(43)33-31-29-27-25-23-16-14-12-10-8-6-2/h12-15,18-19,39H,5-11,16-17,20-38H2,1-4H3,(H,45,46)/b14-12-,15-13-,19-18-. The number of ether oxygens (including phenoxy) is 2. The Kier molecular flexibility index (Phi) is 35.3. The third-order valence-electron chi connectivity index (χ3n) is 8.42. The monoisotopic (exact) mass is 742 g/mol. The lowest BCUT2D eigenvalue weighted by molar-refractivity contribution is -0.161. The van der Waals surface area contributed by atoms with Gasteiger partial charge in [0, 0.05) is 19.4 Å². The number of allylic oxidation sites excluding steroid dienone is 6. The third kappa shape index (κ3) is 37.8. The number of nitrogens with zero attached hydrogens (tertiary/aromatic N) is 1. The van der Waals surface area contributed by atoms with Crippen LogP contribution in [0.2, 0.25) is 0 Å². The number of unbranched alkanes of at least 4 members (excludes halogenated alkanes) is 17. The van der Waals surface area contributed by atoms with Crippen molar-refractivity contribution in [2.75, 3.05) is 40.5 Å². The van der Waals surface area contributed by atoms with Crippen molar-refractivity contribution in [3.8, 4) is 0 Å². The summed E-state index contributed by atoms with van der Waals surface area (Å²) in [6, 6.07) is 0. The average molecular weight is 742 g/mol. The Labute approximate surface area is 312 Å². The van der Waals surface area contributed by atoms with Gasteiger partial charge in [0.25, 0.3) is 0 Å². The van der Waals surface area contributed by atoms with Gasteiger partial charge in [-0.3, -0.25) is 18.6 Å². The lowest BCUT2D eigenvalue weighted by Gasteiger charge is -2.20. The van der Waals surface area contributed by atoms with Crippen LogP contribution in [-0.2, 0) is 32.7 Å². The van der Waals surface area contributed by atoms with Gasteiger partial charge in [-0.1, -0.05) is 127 Å². The van der Waals surface area contributed by atoms with E-state index in [2.05, 4.69) is 50.3 Å². The smallest absolute Gasteiger partial charge is 0.462 e. The second-order valence-electron chi connectivity index (χ2n) is 13.8. The molecule has 0 aromatic heterocycles. The van der Waals surface area contributed by atoms with Crippen molar-refractivity contribution in [2.45, 2.75) is 174 Å². The van der Waals surface area contributed by atoms with Crippen molar-refractivity contribution in [1.82, 2.24) is 4.90 Å². The first-order valence-electron chi connectivity index (χ1n) is 20.3. The number of hydrogen-bond acceptors (Lipinski definition) is 8. The van der Waals surface area contributed by atoms with Gasteiger partial charge in [-0.25, -0.2) is 4.57 Å². The molecule has 0 heterocycles. The molecule has 2 unspecified atom stereocenters. The fourth-order valence-corrected chi connectivity index (χ4v) is 5.97. The normalized spacial score (nSPS) is 13.8. The highest BCUT2D eigenvalue weighted by molar-refractivity contribution is 7.47. The Morgan fingerprint density at radius 3 is 1.63 bits per heavy atom. The minimum absolute atomic E-state index is 0.00402. The number of hydrogen-bond donors (Lipinski definition) is 1. The molecular weight excluding hydrogens is 665 g/mol. The summed E-state index contributed by atoms with van der Waals surface area (Å²) in [7, 11) is -0.719. The van der Waals surface area contributed by atoms with E-state index in [1.165, 1.54) is 57.8 Å². The second-order valence-corrected chi connectivity index (χ2v) is 15.3. The van der Waals surface area contributed by atoms with Gasteiger partial charge in [-0.15, -0.1) is 0 Å². The maximum absolute atomic E-state index is 12.6. The number of phosphoric ester groups is 1. The van der Waals surface area contributed by atoms with E-state index in [0.29, 0.717) is 13.0 Å². The van der Waals surface area contributed by atoms with Gasteiger partial charge in [0.05, 0.1) is 13.2 Å². The van der Waals surface area contributed by atoms with Gasteiger partial charge in [0.1, 0.15) is 6.61 Å². The highest BCUT2D eigenvalue weighted by Crippen LogP contribution is 2.43. The maximum atomic E-state index is 12.6. The van der Waals surface area contributed by atoms with E-state index >= 15 is 0 Å². The van der Waals surface area contributed by atoms with Crippen LogP contribution in [0.3, 0.4) is 0 Å². The molecule has 0 radical (unpaired) electrons. The molecule has 51 heavy (non-hydrogen) atoms. The molecule has 0 aliphatic carbocycles. The fraction of sp³-hybridized carbons (Fsp3) is 0.805. The molecule has 0 aromatic rings. The molecule has 2 atom stereocenters. The van der Waals surface area contributed by atoms with E-state index in [0.717, 1.165) is 77.0 Å². The molecule has 0 aliphatic heterocycles. The van der Waals surface area contributed by atoms with E-state index in [9.17, 15) is 19.0 Å². The van der Waals surface area contributed by atoms with Gasteiger partial charge in [0.15, 0.2) is 6.10 Å². The summed E-state index contributed by atoms with van der Waals surface area (Å²) in [4.78, 5) is 36.9. The Bertz CT molecular complexity index is 952. The number of rotatable bonds is 37. The van der Waals surface area contributed by atoms with Gasteiger partial charge in [0.2, 0.25) is 0 Å². The Balaban J connectivity index is 4.34. The summed E-state index contributed by atoms with van der Waals surface area (Å²) < 4.78 is 33.3. The van der Waals surface area contributed by atoms with Crippen LogP contribution in [0.15, 0.2) is 36.5 Å². The van der Waals surface area contributed by atoms with Crippen molar-refractivity contribution in [3.63, 3.8) is 0 Å². The zero-order valence-corrected chi connectivity index (χ0v) is 33.9. The van der Waals surface area contributed by atoms with E-state index in [4.69, 9.17) is 18.5 Å². The molecule has 9 nitrogen and oxygen atoms in total. The quantitative estimate of drug-likeness (QED) is 0.0288. The van der Waals surface area contributed by atoms with Crippen LogP contribution in [0.4, 0.5) is 0 Å². The lowest BCUT2D eigenvalue weighted by atomic mass is 10.1. The number of carbonyl (C=O) groups excluding carboxylic acids is 2. The molecule has 298 valence electrons. The van der Waals surface area contributed by atoms with Gasteiger partial charge >= 0.3 is 19.8 Å². The van der Waals surface area contributed by atoms with E-state index < -0.39 is 26.5 Å². The zero-order valence-electron chi connectivity index (χ0n) is 33.0. The molecule has 0 saturated heterocycles. The second kappa shape index (κ2) is 36.6. The van der Waals surface area contributed by atoms with Crippen molar-refractivity contribution in [3.05, 3.63) is 36.5 Å². The van der Waals surface area contributed by atoms with Crippen molar-refractivity contribution in [2.24, 2.45) is 0 Å². The summed E-state index contributed by atoms with van der Waals surface area (Å²) in [6.07, 6.45) is 37.6. The van der Waals surface area contributed by atoms with E-state index in [-0.39, 0.29) is 32.0 Å². The molecule has 0 fully saturated rings. The molecule has 1 N–H and O–H groups in total. The van der Waals surface area contributed by atoms with Gasteiger partial charge in [-0.05, 0) is 78.3 Å². The first-order valence-corrected chi connectivity index (χ1v) is 21.8. The van der Waals surface area contributed by atoms with Crippen LogP contribution in [0.1, 0.15) is 168 Å². The van der Waals surface area contributed by atoms with Gasteiger partial charge < -0.3 is 19.3 Å². The van der Waals surface area contributed by atoms with Crippen molar-refractivity contribution < 1.29 is 37.6 Å². The predicted molar refractivity (Wildman–Crippen MR) is 211 cm³/mol. The summed E-state index contributed by atoms with van der Waals surface area (Å²) in [5.74, 6) is -0.825. The molecular formula is C41H76NO8P. The Morgan fingerprint density at radius 1 is 0.608 bits per heavy atom. The van der Waals surface area contributed by atoms with E-state index in [1.807, 2.05) is 19.0 Å². The molecule has 0 saturated carbocycles. The molecule has 0 aliphatic rings. The van der Waals surface area contributed by atoms with Crippen LogP contribution in [-0.4, -0.2) is 68.3 Å². The molecule has 0 rings (SSSR count). The molecule has 0 bridgehead atoms. The van der Waals surface area contributed by atoms with Crippen LogP contribution in [0.25, 0.3) is 0 Å². The topological polar surface area (TPSA) is 112 Å². The van der Waals surface area contributed by atoms with Crippen molar-refractivity contribution >= 4 is 19.8 Å². The van der Waals surface area contributed by atoms with Gasteiger partial charge in [-0.2, -0.15) is 0 Å². The Morgan fingerprint density at radius 2 is 1.08 bits per heavy atom. The number of esters is 2. The molecule has 0 aromatic carbocycles. The minimum atomic E-state index is -4.36. The highest BCUT2D eigenvalue weighted by Gasteiger charge is 2.26. The number of carbonyl (C=O) groups is 2. The van der Waals surface area contributed by atoms with Crippen LogP contribution < -0.4 is 0 Å². The lowest BCUT2D eigenvalue weighted by Crippen LogP contribution is -2.29. The average Bonchev–Trinajstić information content (AvgIpc) is 3.09. The third-order valence-corrected chi connectivity index (χ3v) is 9.40. The summed E-state index contributed by atoms with van der Waals surface area (Å²) in [5, 5.41) is 0. The first kappa shape index (κ1) is 49.2. The van der Waals surface area contributed by atoms with Crippen LogP contribution in [0, 0.1) is 0 Å². The first-order chi connectivity index (χ1) is 24.7. The summed E-state index contributed by atoms with van der Waals surface area (Å²) in [5.41, 5.74) is 0. The van der Waals surface area contributed by atoms with Crippen molar-refractivity contribution in [1.29, 1.82) is 0 Å². The minimum Gasteiger partial charge on any atom is -0.462 e. The Hall–Kier alpha value is -1.77. The molecule has 10 heteroatoms. The van der Waals surface area contributed by atoms with E-state index in [1.54, 1.807) is 0 Å².